The first kappa shape index (κ1) is 10.3. The molecule has 0 N–H and O–H groups in total. The maximum atomic E-state index is 11.5. The van der Waals surface area contributed by atoms with E-state index in [0.29, 0.717) is 17.6 Å². The minimum atomic E-state index is 0.294. The van der Waals surface area contributed by atoms with Gasteiger partial charge in [0.25, 0.3) is 0 Å². The van der Waals surface area contributed by atoms with Gasteiger partial charge in [-0.2, -0.15) is 0 Å². The first-order valence-electron chi connectivity index (χ1n) is 5.71. The summed E-state index contributed by atoms with van der Waals surface area (Å²) in [6, 6.07) is 5.98. The summed E-state index contributed by atoms with van der Waals surface area (Å²) < 4.78 is 0. The van der Waals surface area contributed by atoms with Crippen molar-refractivity contribution in [3.63, 3.8) is 0 Å². The van der Waals surface area contributed by atoms with E-state index in [-0.39, 0.29) is 0 Å². The Bertz CT molecular complexity index is 334. The second-order valence-electron chi connectivity index (χ2n) is 4.45. The molecule has 2 heteroatoms. The summed E-state index contributed by atoms with van der Waals surface area (Å²) in [6.07, 6.45) is 5.74. The molecular weight excluding hydrogens is 186 g/mol. The molecule has 0 radical (unpaired) electrons. The first-order valence-corrected chi connectivity index (χ1v) is 5.71. The van der Waals surface area contributed by atoms with Crippen molar-refractivity contribution in [1.29, 1.82) is 0 Å². The van der Waals surface area contributed by atoms with Crippen molar-refractivity contribution in [3.8, 4) is 0 Å². The van der Waals surface area contributed by atoms with Crippen LogP contribution in [0.1, 0.15) is 44.2 Å². The average Bonchev–Trinajstić information content (AvgIpc) is 2.66. The van der Waals surface area contributed by atoms with Crippen LogP contribution in [0, 0.1) is 5.92 Å². The third-order valence-electron chi connectivity index (χ3n) is 3.26. The van der Waals surface area contributed by atoms with E-state index in [1.165, 1.54) is 0 Å². The molecule has 2 rings (SSSR count). The van der Waals surface area contributed by atoms with E-state index in [9.17, 15) is 4.79 Å². The summed E-state index contributed by atoms with van der Waals surface area (Å²) in [6.45, 7) is 2.16. The van der Waals surface area contributed by atoms with E-state index < -0.39 is 0 Å². The molecule has 1 aliphatic rings. The third-order valence-corrected chi connectivity index (χ3v) is 3.26. The molecule has 0 amide bonds. The van der Waals surface area contributed by atoms with Gasteiger partial charge in [0.05, 0.1) is 0 Å². The molecule has 1 aromatic heterocycles. The lowest BCUT2D eigenvalue weighted by Gasteiger charge is -2.14. The smallest absolute Gasteiger partial charge is 0.135 e. The quantitative estimate of drug-likeness (QED) is 0.756. The number of rotatable bonds is 3. The molecule has 2 nitrogen and oxygen atoms in total. The highest BCUT2D eigenvalue weighted by Gasteiger charge is 2.26. The minimum absolute atomic E-state index is 0.294. The second kappa shape index (κ2) is 4.56. The summed E-state index contributed by atoms with van der Waals surface area (Å²) in [5, 5.41) is 0. The predicted molar refractivity (Wildman–Crippen MR) is 59.6 cm³/mol. The Labute approximate surface area is 90.7 Å². The van der Waals surface area contributed by atoms with E-state index in [1.807, 2.05) is 24.4 Å². The van der Waals surface area contributed by atoms with Crippen LogP contribution in [0.3, 0.4) is 0 Å². The molecule has 0 saturated heterocycles. The van der Waals surface area contributed by atoms with Crippen LogP contribution in [-0.2, 0) is 4.79 Å². The fourth-order valence-corrected chi connectivity index (χ4v) is 2.35. The Morgan fingerprint density at radius 3 is 3.00 bits per heavy atom. The van der Waals surface area contributed by atoms with Crippen LogP contribution < -0.4 is 0 Å². The zero-order valence-electron chi connectivity index (χ0n) is 9.15. The molecule has 0 bridgehead atoms. The van der Waals surface area contributed by atoms with Gasteiger partial charge in [-0.1, -0.05) is 13.0 Å². The summed E-state index contributed by atoms with van der Waals surface area (Å²) >= 11 is 0. The molecule has 1 fully saturated rings. The van der Waals surface area contributed by atoms with Gasteiger partial charge in [-0.3, -0.25) is 9.78 Å². The van der Waals surface area contributed by atoms with Crippen LogP contribution in [0.15, 0.2) is 24.4 Å². The van der Waals surface area contributed by atoms with Gasteiger partial charge in [-0.15, -0.1) is 0 Å². The minimum Gasteiger partial charge on any atom is -0.299 e. The van der Waals surface area contributed by atoms with E-state index in [1.54, 1.807) is 0 Å². The fraction of sp³-hybridized carbons (Fsp3) is 0.538. The molecule has 1 aromatic rings. The zero-order valence-corrected chi connectivity index (χ0v) is 9.15. The summed E-state index contributed by atoms with van der Waals surface area (Å²) in [5.74, 6) is 1.15. The molecule has 15 heavy (non-hydrogen) atoms. The highest BCUT2D eigenvalue weighted by Crippen LogP contribution is 2.30. The van der Waals surface area contributed by atoms with Gasteiger partial charge in [0.2, 0.25) is 0 Å². The van der Waals surface area contributed by atoms with Crippen molar-refractivity contribution >= 4 is 5.78 Å². The number of pyridine rings is 1. The highest BCUT2D eigenvalue weighted by molar-refractivity contribution is 5.82. The number of carbonyl (C=O) groups excluding carboxylic acids is 1. The molecule has 1 aliphatic carbocycles. The first-order chi connectivity index (χ1) is 7.27. The number of hydrogen-bond donors (Lipinski definition) is 0. The Morgan fingerprint density at radius 2 is 2.40 bits per heavy atom. The molecule has 80 valence electrons. The topological polar surface area (TPSA) is 30.0 Å². The standard InChI is InChI=1S/C13H17NO/c1-10(12-6-2-3-8-14-12)9-11-5-4-7-13(11)15/h2-3,6,8,10-11H,4-5,7,9H2,1H3. The monoisotopic (exact) mass is 203 g/mol. The van der Waals surface area contributed by atoms with Crippen LogP contribution in [-0.4, -0.2) is 10.8 Å². The lowest BCUT2D eigenvalue weighted by molar-refractivity contribution is -0.120. The Hall–Kier alpha value is -1.18. The fourth-order valence-electron chi connectivity index (χ4n) is 2.35. The second-order valence-corrected chi connectivity index (χ2v) is 4.45. The van der Waals surface area contributed by atoms with Crippen LogP contribution in [0.2, 0.25) is 0 Å². The largest absolute Gasteiger partial charge is 0.299 e. The maximum absolute atomic E-state index is 11.5. The van der Waals surface area contributed by atoms with Gasteiger partial charge in [-0.25, -0.2) is 0 Å². The lowest BCUT2D eigenvalue weighted by atomic mass is 9.91. The van der Waals surface area contributed by atoms with E-state index in [2.05, 4.69) is 11.9 Å². The van der Waals surface area contributed by atoms with Crippen molar-refractivity contribution in [1.82, 2.24) is 4.98 Å². The molecular formula is C13H17NO. The van der Waals surface area contributed by atoms with Crippen molar-refractivity contribution in [3.05, 3.63) is 30.1 Å². The number of carbonyl (C=O) groups is 1. The lowest BCUT2D eigenvalue weighted by Crippen LogP contribution is -2.10. The van der Waals surface area contributed by atoms with E-state index in [4.69, 9.17) is 0 Å². The number of aromatic nitrogens is 1. The number of hydrogen-bond acceptors (Lipinski definition) is 2. The van der Waals surface area contributed by atoms with Crippen molar-refractivity contribution in [2.75, 3.05) is 0 Å². The molecule has 0 aliphatic heterocycles. The van der Waals surface area contributed by atoms with Crippen molar-refractivity contribution in [2.24, 2.45) is 5.92 Å². The summed E-state index contributed by atoms with van der Waals surface area (Å²) in [7, 11) is 0. The van der Waals surface area contributed by atoms with Gasteiger partial charge >= 0.3 is 0 Å². The van der Waals surface area contributed by atoms with E-state index >= 15 is 0 Å². The van der Waals surface area contributed by atoms with E-state index in [0.717, 1.165) is 31.4 Å². The van der Waals surface area contributed by atoms with Crippen LogP contribution in [0.4, 0.5) is 0 Å². The number of nitrogens with zero attached hydrogens (tertiary/aromatic N) is 1. The molecule has 2 unspecified atom stereocenters. The Balaban J connectivity index is 1.98. The van der Waals surface area contributed by atoms with Crippen molar-refractivity contribution in [2.45, 2.75) is 38.5 Å². The maximum Gasteiger partial charge on any atom is 0.135 e. The molecule has 1 saturated carbocycles. The molecule has 0 aromatic carbocycles. The van der Waals surface area contributed by atoms with Gasteiger partial charge < -0.3 is 0 Å². The van der Waals surface area contributed by atoms with Crippen LogP contribution in [0.5, 0.6) is 0 Å². The van der Waals surface area contributed by atoms with Crippen LogP contribution >= 0.6 is 0 Å². The van der Waals surface area contributed by atoms with Gasteiger partial charge in [0.1, 0.15) is 5.78 Å². The van der Waals surface area contributed by atoms with Gasteiger partial charge in [0.15, 0.2) is 0 Å². The van der Waals surface area contributed by atoms with Gasteiger partial charge in [-0.05, 0) is 37.3 Å². The predicted octanol–water partition coefficient (Wildman–Crippen LogP) is 2.94. The average molecular weight is 203 g/mol. The highest BCUT2D eigenvalue weighted by atomic mass is 16.1. The summed E-state index contributed by atoms with van der Waals surface area (Å²) in [4.78, 5) is 15.9. The third kappa shape index (κ3) is 2.44. The van der Waals surface area contributed by atoms with Gasteiger partial charge in [0, 0.05) is 24.2 Å². The molecule has 0 spiro atoms. The van der Waals surface area contributed by atoms with Crippen molar-refractivity contribution < 1.29 is 4.79 Å². The number of ketones is 1. The molecule has 1 heterocycles. The zero-order chi connectivity index (χ0) is 10.7. The van der Waals surface area contributed by atoms with Crippen LogP contribution in [0.25, 0.3) is 0 Å². The molecule has 2 atom stereocenters. The normalized spacial score (nSPS) is 23.0. The Kier molecular flexibility index (Phi) is 3.14. The Morgan fingerprint density at radius 1 is 1.53 bits per heavy atom. The summed E-state index contributed by atoms with van der Waals surface area (Å²) in [5.41, 5.74) is 1.11. The number of Topliss-reactive ketones (excluding diaryl/α,β-unsaturated/α-hetero) is 1. The SMILES string of the molecule is CC(CC1CCCC1=O)c1ccccn1.